The number of rotatable bonds is 6. The zero-order valence-electron chi connectivity index (χ0n) is 13.2. The molecule has 3 nitrogen and oxygen atoms in total. The van der Waals surface area contributed by atoms with Crippen LogP contribution in [0.25, 0.3) is 0 Å². The largest absolute Gasteiger partial charge is 0.497 e. The third kappa shape index (κ3) is 3.80. The highest BCUT2D eigenvalue weighted by atomic mass is 16.5. The van der Waals surface area contributed by atoms with Crippen LogP contribution in [-0.4, -0.2) is 20.2 Å². The Hall–Kier alpha value is -2.00. The van der Waals surface area contributed by atoms with Crippen molar-refractivity contribution in [2.24, 2.45) is 0 Å². The van der Waals surface area contributed by atoms with Crippen LogP contribution in [0.4, 0.5) is 5.69 Å². The number of aryl methyl sites for hydroxylation is 1. The first kappa shape index (κ1) is 14.9. The molecule has 0 aromatic heterocycles. The Kier molecular flexibility index (Phi) is 4.96. The summed E-state index contributed by atoms with van der Waals surface area (Å²) >= 11 is 0. The molecule has 0 unspecified atom stereocenters. The van der Waals surface area contributed by atoms with Gasteiger partial charge in [-0.1, -0.05) is 24.3 Å². The summed E-state index contributed by atoms with van der Waals surface area (Å²) in [5.41, 5.74) is 5.50. The van der Waals surface area contributed by atoms with Gasteiger partial charge in [0.15, 0.2) is 0 Å². The van der Waals surface area contributed by atoms with Crippen molar-refractivity contribution in [1.29, 1.82) is 0 Å². The molecule has 1 aliphatic rings. The fraction of sp³-hybridized carbons (Fsp3) is 0.368. The zero-order chi connectivity index (χ0) is 15.2. The molecule has 0 aliphatic carbocycles. The van der Waals surface area contributed by atoms with Crippen LogP contribution in [0.2, 0.25) is 0 Å². The molecule has 1 heterocycles. The van der Waals surface area contributed by atoms with Gasteiger partial charge in [-0.05, 0) is 60.7 Å². The molecule has 0 fully saturated rings. The Labute approximate surface area is 132 Å². The highest BCUT2D eigenvalue weighted by Gasteiger charge is 2.08. The van der Waals surface area contributed by atoms with Gasteiger partial charge in [0.25, 0.3) is 0 Å². The topological polar surface area (TPSA) is 33.3 Å². The van der Waals surface area contributed by atoms with Gasteiger partial charge in [0.1, 0.15) is 5.75 Å². The summed E-state index contributed by atoms with van der Waals surface area (Å²) < 4.78 is 5.17. The zero-order valence-corrected chi connectivity index (χ0v) is 13.2. The number of methoxy groups -OCH3 is 1. The van der Waals surface area contributed by atoms with Crippen LogP contribution in [0, 0.1) is 0 Å². The number of fused-ring (bicyclic) bond motifs is 1. The molecule has 0 spiro atoms. The molecule has 3 heteroatoms. The Morgan fingerprint density at radius 2 is 1.91 bits per heavy atom. The summed E-state index contributed by atoms with van der Waals surface area (Å²) in [6, 6.07) is 15.1. The molecule has 22 heavy (non-hydrogen) atoms. The summed E-state index contributed by atoms with van der Waals surface area (Å²) in [4.78, 5) is 0. The summed E-state index contributed by atoms with van der Waals surface area (Å²) in [7, 11) is 1.70. The maximum atomic E-state index is 5.17. The van der Waals surface area contributed by atoms with Gasteiger partial charge in [0.2, 0.25) is 0 Å². The van der Waals surface area contributed by atoms with E-state index in [4.69, 9.17) is 4.74 Å². The van der Waals surface area contributed by atoms with Crippen molar-refractivity contribution in [1.82, 2.24) is 5.32 Å². The Balaban J connectivity index is 1.46. The molecule has 2 aromatic rings. The van der Waals surface area contributed by atoms with Crippen LogP contribution in [-0.2, 0) is 19.4 Å². The lowest BCUT2D eigenvalue weighted by Gasteiger charge is -2.18. The van der Waals surface area contributed by atoms with Crippen molar-refractivity contribution in [2.45, 2.75) is 25.8 Å². The summed E-state index contributed by atoms with van der Waals surface area (Å²) in [5.74, 6) is 0.909. The van der Waals surface area contributed by atoms with Gasteiger partial charge >= 0.3 is 0 Å². The maximum absolute atomic E-state index is 5.17. The van der Waals surface area contributed by atoms with Crippen molar-refractivity contribution in [3.05, 3.63) is 59.2 Å². The highest BCUT2D eigenvalue weighted by molar-refractivity contribution is 5.54. The lowest BCUT2D eigenvalue weighted by Crippen LogP contribution is -2.17. The first-order valence-corrected chi connectivity index (χ1v) is 8.04. The van der Waals surface area contributed by atoms with E-state index in [-0.39, 0.29) is 0 Å². The Morgan fingerprint density at radius 3 is 2.73 bits per heavy atom. The number of ether oxygens (including phenoxy) is 1. The van der Waals surface area contributed by atoms with Gasteiger partial charge < -0.3 is 15.4 Å². The highest BCUT2D eigenvalue weighted by Crippen LogP contribution is 2.23. The summed E-state index contributed by atoms with van der Waals surface area (Å²) in [6.45, 7) is 3.00. The van der Waals surface area contributed by atoms with Crippen molar-refractivity contribution >= 4 is 5.69 Å². The molecule has 116 valence electrons. The molecule has 0 bridgehead atoms. The third-order valence-electron chi connectivity index (χ3n) is 4.19. The monoisotopic (exact) mass is 296 g/mol. The molecule has 0 saturated carbocycles. The number of anilines is 1. The number of hydrogen-bond acceptors (Lipinski definition) is 3. The number of nitrogens with one attached hydrogen (secondary N) is 2. The maximum Gasteiger partial charge on any atom is 0.118 e. The van der Waals surface area contributed by atoms with Gasteiger partial charge in [-0.15, -0.1) is 0 Å². The molecular weight excluding hydrogens is 272 g/mol. The molecule has 0 radical (unpaired) electrons. The van der Waals surface area contributed by atoms with E-state index in [2.05, 4.69) is 41.0 Å². The van der Waals surface area contributed by atoms with E-state index in [0.29, 0.717) is 0 Å². The standard InChI is InChI=1S/C19H24N2O/c1-22-18-7-4-16(5-8-18)14-20-12-10-15-6-9-19-17(13-15)3-2-11-21-19/h4-9,13,20-21H,2-3,10-12,14H2,1H3. The summed E-state index contributed by atoms with van der Waals surface area (Å²) in [6.07, 6.45) is 3.52. The van der Waals surface area contributed by atoms with Crippen LogP contribution < -0.4 is 15.4 Å². The van der Waals surface area contributed by atoms with Crippen molar-refractivity contribution in [3.8, 4) is 5.75 Å². The SMILES string of the molecule is COc1ccc(CNCCc2ccc3c(c2)CCCN3)cc1. The first-order chi connectivity index (χ1) is 10.8. The van der Waals surface area contributed by atoms with E-state index in [1.54, 1.807) is 7.11 Å². The van der Waals surface area contributed by atoms with E-state index in [9.17, 15) is 0 Å². The van der Waals surface area contributed by atoms with E-state index >= 15 is 0 Å². The lowest BCUT2D eigenvalue weighted by molar-refractivity contribution is 0.414. The molecule has 1 aliphatic heterocycles. The van der Waals surface area contributed by atoms with Gasteiger partial charge in [0.05, 0.1) is 7.11 Å². The predicted molar refractivity (Wildman–Crippen MR) is 91.7 cm³/mol. The van der Waals surface area contributed by atoms with E-state index in [0.717, 1.165) is 31.8 Å². The second-order valence-corrected chi connectivity index (χ2v) is 5.80. The fourth-order valence-corrected chi connectivity index (χ4v) is 2.89. The quantitative estimate of drug-likeness (QED) is 0.802. The third-order valence-corrected chi connectivity index (χ3v) is 4.19. The fourth-order valence-electron chi connectivity index (χ4n) is 2.89. The normalized spacial score (nSPS) is 13.3. The smallest absolute Gasteiger partial charge is 0.118 e. The van der Waals surface area contributed by atoms with Gasteiger partial charge in [0, 0.05) is 18.8 Å². The van der Waals surface area contributed by atoms with Crippen LogP contribution in [0.15, 0.2) is 42.5 Å². The molecule has 0 amide bonds. The second-order valence-electron chi connectivity index (χ2n) is 5.80. The minimum atomic E-state index is 0.899. The Bertz CT molecular complexity index is 607. The van der Waals surface area contributed by atoms with E-state index < -0.39 is 0 Å². The predicted octanol–water partition coefficient (Wildman–Crippen LogP) is 3.39. The van der Waals surface area contributed by atoms with E-state index in [1.165, 1.54) is 35.2 Å². The minimum Gasteiger partial charge on any atom is -0.497 e. The average molecular weight is 296 g/mol. The van der Waals surface area contributed by atoms with Crippen molar-refractivity contribution in [3.63, 3.8) is 0 Å². The van der Waals surface area contributed by atoms with Crippen molar-refractivity contribution < 1.29 is 4.74 Å². The van der Waals surface area contributed by atoms with Crippen LogP contribution in [0.3, 0.4) is 0 Å². The average Bonchev–Trinajstić information content (AvgIpc) is 2.59. The number of benzene rings is 2. The van der Waals surface area contributed by atoms with Crippen molar-refractivity contribution in [2.75, 3.05) is 25.5 Å². The van der Waals surface area contributed by atoms with E-state index in [1.807, 2.05) is 12.1 Å². The molecular formula is C19H24N2O. The second kappa shape index (κ2) is 7.32. The molecule has 3 rings (SSSR count). The molecule has 2 N–H and O–H groups in total. The van der Waals surface area contributed by atoms with Gasteiger partial charge in [-0.3, -0.25) is 0 Å². The van der Waals surface area contributed by atoms with Crippen LogP contribution in [0.5, 0.6) is 5.75 Å². The van der Waals surface area contributed by atoms with Crippen LogP contribution in [0.1, 0.15) is 23.1 Å². The minimum absolute atomic E-state index is 0.899. The lowest BCUT2D eigenvalue weighted by atomic mass is 9.99. The Morgan fingerprint density at radius 1 is 1.09 bits per heavy atom. The molecule has 0 saturated heterocycles. The number of hydrogen-bond donors (Lipinski definition) is 2. The first-order valence-electron chi connectivity index (χ1n) is 8.04. The summed E-state index contributed by atoms with van der Waals surface area (Å²) in [5, 5.41) is 6.97. The molecule has 2 aromatic carbocycles. The van der Waals surface area contributed by atoms with Crippen LogP contribution >= 0.6 is 0 Å². The van der Waals surface area contributed by atoms with Gasteiger partial charge in [-0.2, -0.15) is 0 Å². The molecule has 0 atom stereocenters. The van der Waals surface area contributed by atoms with Gasteiger partial charge in [-0.25, -0.2) is 0 Å².